The molecule has 3 aromatic heterocycles. The molecule has 1 saturated heterocycles. The Morgan fingerprint density at radius 1 is 1.00 bits per heavy atom. The molecule has 1 aliphatic heterocycles. The smallest absolute Gasteiger partial charge is 0.320 e. The lowest BCUT2D eigenvalue weighted by molar-refractivity contribution is 0.0724. The maximum absolute atomic E-state index is 12.9. The van der Waals surface area contributed by atoms with Gasteiger partial charge in [0.05, 0.1) is 17.8 Å². The molecule has 198 valence electrons. The van der Waals surface area contributed by atoms with Crippen molar-refractivity contribution in [3.05, 3.63) is 82.6 Å². The number of aromatic nitrogens is 5. The molecule has 0 unspecified atom stereocenters. The summed E-state index contributed by atoms with van der Waals surface area (Å²) >= 11 is 1.62. The molecular formula is C29H29N7O2S. The first-order valence-electron chi connectivity index (χ1n) is 13.1. The molecular weight excluding hydrogens is 510 g/mol. The van der Waals surface area contributed by atoms with E-state index >= 15 is 0 Å². The molecule has 1 amide bonds. The third-order valence-electron chi connectivity index (χ3n) is 6.86. The molecule has 9 nitrogen and oxygen atoms in total. The van der Waals surface area contributed by atoms with Gasteiger partial charge in [-0.25, -0.2) is 9.97 Å². The van der Waals surface area contributed by atoms with Gasteiger partial charge in [-0.1, -0.05) is 18.2 Å². The number of nitrogens with one attached hydrogen (secondary N) is 1. The van der Waals surface area contributed by atoms with E-state index in [9.17, 15) is 4.79 Å². The molecule has 5 aromatic rings. The zero-order valence-corrected chi connectivity index (χ0v) is 22.5. The first kappa shape index (κ1) is 25.0. The van der Waals surface area contributed by atoms with Crippen LogP contribution in [-0.4, -0.2) is 55.0 Å². The molecule has 4 heterocycles. The number of ether oxygens (including phenoxy) is 1. The molecule has 0 spiro atoms. The van der Waals surface area contributed by atoms with Crippen LogP contribution < -0.4 is 10.1 Å². The van der Waals surface area contributed by atoms with Gasteiger partial charge in [0.15, 0.2) is 17.0 Å². The molecule has 0 saturated carbocycles. The average Bonchev–Trinajstić information content (AvgIpc) is 3.60. The van der Waals surface area contributed by atoms with Crippen molar-refractivity contribution in [2.75, 3.05) is 25.0 Å². The van der Waals surface area contributed by atoms with Gasteiger partial charge in [-0.15, -0.1) is 11.3 Å². The number of carbonyl (C=O) groups excluding carboxylic acids is 1. The summed E-state index contributed by atoms with van der Waals surface area (Å²) < 4.78 is 7.93. The molecule has 0 bridgehead atoms. The van der Waals surface area contributed by atoms with E-state index in [1.807, 2.05) is 69.6 Å². The van der Waals surface area contributed by atoms with E-state index in [-0.39, 0.29) is 11.9 Å². The Balaban J connectivity index is 1.27. The van der Waals surface area contributed by atoms with Gasteiger partial charge in [-0.05, 0) is 62.6 Å². The predicted octanol–water partition coefficient (Wildman–Crippen LogP) is 5.57. The number of anilines is 2. The number of thiazole rings is 1. The van der Waals surface area contributed by atoms with Gasteiger partial charge >= 0.3 is 6.01 Å². The summed E-state index contributed by atoms with van der Waals surface area (Å²) in [5.41, 5.74) is 6.54. The Labute approximate surface area is 230 Å². The number of likely N-dealkylation sites (tertiary alicyclic amines) is 1. The number of imidazole rings is 1. The summed E-state index contributed by atoms with van der Waals surface area (Å²) in [5.74, 6) is 0.614. The van der Waals surface area contributed by atoms with Gasteiger partial charge in [-0.3, -0.25) is 9.36 Å². The van der Waals surface area contributed by atoms with Crippen molar-refractivity contribution in [1.82, 2.24) is 29.4 Å². The fourth-order valence-corrected chi connectivity index (χ4v) is 5.36. The average molecular weight is 540 g/mol. The van der Waals surface area contributed by atoms with Crippen LogP contribution in [0.2, 0.25) is 0 Å². The molecule has 0 radical (unpaired) electrons. The van der Waals surface area contributed by atoms with Crippen molar-refractivity contribution in [1.29, 1.82) is 0 Å². The Hall–Kier alpha value is -4.31. The first-order chi connectivity index (χ1) is 19.2. The van der Waals surface area contributed by atoms with E-state index < -0.39 is 0 Å². The standard InChI is InChI=1S/C29H29N7O2S/c1-20-24(31-19-39-20)14-17-38-29-33-26(25-27(34-29)36(18-30-25)23-8-4-2-5-9-23)32-22-12-10-21(11-13-22)28(37)35-15-6-3-7-16-35/h2,4-5,8-13,18-19H,3,6-7,14-17H2,1H3,(H,32,33,34). The fraction of sp³-hybridized carbons (Fsp3) is 0.276. The van der Waals surface area contributed by atoms with E-state index in [0.717, 1.165) is 43.0 Å². The van der Waals surface area contributed by atoms with Crippen LogP contribution in [0.1, 0.15) is 40.2 Å². The molecule has 0 aliphatic carbocycles. The van der Waals surface area contributed by atoms with Crippen LogP contribution in [-0.2, 0) is 6.42 Å². The van der Waals surface area contributed by atoms with Crippen molar-refractivity contribution in [2.45, 2.75) is 32.6 Å². The molecule has 0 atom stereocenters. The van der Waals surface area contributed by atoms with E-state index in [2.05, 4.69) is 27.2 Å². The number of fused-ring (bicyclic) bond motifs is 1. The van der Waals surface area contributed by atoms with Gasteiger partial charge in [0.25, 0.3) is 5.91 Å². The van der Waals surface area contributed by atoms with Crippen LogP contribution in [0.15, 0.2) is 66.4 Å². The zero-order chi connectivity index (χ0) is 26.6. The SMILES string of the molecule is Cc1scnc1CCOc1nc(Nc2ccc(C(=O)N3CCCCC3)cc2)c2ncn(-c3ccccc3)c2n1. The highest BCUT2D eigenvalue weighted by Crippen LogP contribution is 2.27. The number of rotatable bonds is 8. The molecule has 1 N–H and O–H groups in total. The second kappa shape index (κ2) is 11.2. The number of benzene rings is 2. The Bertz CT molecular complexity index is 1570. The van der Waals surface area contributed by atoms with E-state index in [1.54, 1.807) is 17.7 Å². The van der Waals surface area contributed by atoms with Crippen LogP contribution in [0.5, 0.6) is 6.01 Å². The van der Waals surface area contributed by atoms with Crippen molar-refractivity contribution in [3.63, 3.8) is 0 Å². The number of hydrogen-bond acceptors (Lipinski definition) is 8. The van der Waals surface area contributed by atoms with Gasteiger partial charge in [-0.2, -0.15) is 9.97 Å². The minimum absolute atomic E-state index is 0.0818. The lowest BCUT2D eigenvalue weighted by Gasteiger charge is -2.26. The largest absolute Gasteiger partial charge is 0.463 e. The van der Waals surface area contributed by atoms with Crippen molar-refractivity contribution < 1.29 is 9.53 Å². The summed E-state index contributed by atoms with van der Waals surface area (Å²) in [6.07, 6.45) is 5.74. The van der Waals surface area contributed by atoms with E-state index in [0.29, 0.717) is 35.6 Å². The number of piperidine rings is 1. The zero-order valence-electron chi connectivity index (χ0n) is 21.7. The topological polar surface area (TPSA) is 98.1 Å². The molecule has 6 rings (SSSR count). The van der Waals surface area contributed by atoms with Gasteiger partial charge in [0.1, 0.15) is 6.33 Å². The molecule has 2 aromatic carbocycles. The lowest BCUT2D eigenvalue weighted by atomic mass is 10.1. The third kappa shape index (κ3) is 5.46. The monoisotopic (exact) mass is 539 g/mol. The fourth-order valence-electron chi connectivity index (χ4n) is 4.73. The van der Waals surface area contributed by atoms with Crippen LogP contribution in [0.25, 0.3) is 16.9 Å². The lowest BCUT2D eigenvalue weighted by Crippen LogP contribution is -2.35. The number of amides is 1. The quantitative estimate of drug-likeness (QED) is 0.275. The first-order valence-corrected chi connectivity index (χ1v) is 14.0. The van der Waals surface area contributed by atoms with Crippen LogP contribution >= 0.6 is 11.3 Å². The van der Waals surface area contributed by atoms with Gasteiger partial charge in [0.2, 0.25) is 0 Å². The highest BCUT2D eigenvalue weighted by atomic mass is 32.1. The second-order valence-corrected chi connectivity index (χ2v) is 10.5. The van der Waals surface area contributed by atoms with Gasteiger partial charge in [0, 0.05) is 41.3 Å². The highest BCUT2D eigenvalue weighted by Gasteiger charge is 2.19. The molecule has 1 aliphatic rings. The summed E-state index contributed by atoms with van der Waals surface area (Å²) in [4.78, 5) is 34.4. The number of aryl methyl sites for hydroxylation is 1. The van der Waals surface area contributed by atoms with Crippen LogP contribution in [0.3, 0.4) is 0 Å². The van der Waals surface area contributed by atoms with Crippen molar-refractivity contribution in [2.24, 2.45) is 0 Å². The minimum atomic E-state index is 0.0818. The van der Waals surface area contributed by atoms with Crippen molar-refractivity contribution in [3.8, 4) is 11.7 Å². The van der Waals surface area contributed by atoms with Gasteiger partial charge < -0.3 is 15.0 Å². The van der Waals surface area contributed by atoms with E-state index in [4.69, 9.17) is 9.72 Å². The van der Waals surface area contributed by atoms with Crippen LogP contribution in [0, 0.1) is 6.92 Å². The third-order valence-corrected chi connectivity index (χ3v) is 7.66. The minimum Gasteiger partial charge on any atom is -0.463 e. The summed E-state index contributed by atoms with van der Waals surface area (Å²) in [5, 5.41) is 3.37. The van der Waals surface area contributed by atoms with Crippen LogP contribution in [0.4, 0.5) is 11.5 Å². The number of hydrogen-bond donors (Lipinski definition) is 1. The Kier molecular flexibility index (Phi) is 7.18. The Morgan fingerprint density at radius 2 is 1.79 bits per heavy atom. The number of carbonyl (C=O) groups is 1. The predicted molar refractivity (Wildman–Crippen MR) is 152 cm³/mol. The molecule has 10 heteroatoms. The second-order valence-electron chi connectivity index (χ2n) is 9.49. The normalized spacial score (nSPS) is 13.5. The summed E-state index contributed by atoms with van der Waals surface area (Å²) in [7, 11) is 0. The molecule has 1 fully saturated rings. The maximum Gasteiger partial charge on any atom is 0.320 e. The van der Waals surface area contributed by atoms with Crippen molar-refractivity contribution >= 4 is 39.9 Å². The summed E-state index contributed by atoms with van der Waals surface area (Å²) in [6, 6.07) is 17.7. The van der Waals surface area contributed by atoms with E-state index in [1.165, 1.54) is 11.3 Å². The number of para-hydroxylation sites is 1. The Morgan fingerprint density at radius 3 is 2.54 bits per heavy atom. The highest BCUT2D eigenvalue weighted by molar-refractivity contribution is 7.09. The molecule has 39 heavy (non-hydrogen) atoms. The number of nitrogens with zero attached hydrogens (tertiary/aromatic N) is 6. The maximum atomic E-state index is 12.9. The summed E-state index contributed by atoms with van der Waals surface area (Å²) in [6.45, 7) is 4.11.